The highest BCUT2D eigenvalue weighted by molar-refractivity contribution is 4.87. The van der Waals surface area contributed by atoms with Gasteiger partial charge in [-0.1, -0.05) is 12.2 Å². The second-order valence-electron chi connectivity index (χ2n) is 4.90. The first-order valence-electron chi connectivity index (χ1n) is 6.27. The van der Waals surface area contributed by atoms with Crippen LogP contribution in [0.3, 0.4) is 0 Å². The highest BCUT2D eigenvalue weighted by Crippen LogP contribution is 2.16. The van der Waals surface area contributed by atoms with Gasteiger partial charge in [-0.2, -0.15) is 0 Å². The van der Waals surface area contributed by atoms with Crippen LogP contribution in [0.1, 0.15) is 26.7 Å². The number of likely N-dealkylation sites (tertiary alicyclic amines) is 1. The average Bonchev–Trinajstić information content (AvgIpc) is 2.25. The van der Waals surface area contributed by atoms with Crippen LogP contribution in [-0.4, -0.2) is 50.3 Å². The molecular weight excluding hydrogens is 200 g/mol. The van der Waals surface area contributed by atoms with E-state index in [-0.39, 0.29) is 0 Å². The van der Waals surface area contributed by atoms with Crippen molar-refractivity contribution < 1.29 is 4.74 Å². The Balaban J connectivity index is 2.15. The Bertz CT molecular complexity index is 218. The van der Waals surface area contributed by atoms with Crippen LogP contribution < -0.4 is 5.32 Å². The molecule has 0 spiro atoms. The third kappa shape index (κ3) is 4.64. The summed E-state index contributed by atoms with van der Waals surface area (Å²) < 4.78 is 5.54. The van der Waals surface area contributed by atoms with E-state index in [9.17, 15) is 0 Å². The van der Waals surface area contributed by atoms with Crippen LogP contribution in [0.2, 0.25) is 0 Å². The number of hydrogen-bond acceptors (Lipinski definition) is 3. The molecule has 94 valence electrons. The molecule has 0 aromatic heterocycles. The molecule has 1 saturated heterocycles. The topological polar surface area (TPSA) is 24.5 Å². The summed E-state index contributed by atoms with van der Waals surface area (Å²) in [5, 5.41) is 3.37. The lowest BCUT2D eigenvalue weighted by Crippen LogP contribution is -2.47. The van der Waals surface area contributed by atoms with Crippen LogP contribution >= 0.6 is 0 Å². The fourth-order valence-electron chi connectivity index (χ4n) is 2.24. The standard InChI is InChI=1S/C13H26N2O/c1-11(2)10-16-8-7-15-6-5-13(14-4)9-12(15)3/h12-14H,1,5-10H2,2-4H3. The van der Waals surface area contributed by atoms with Crippen LogP contribution in [0, 0.1) is 0 Å². The number of nitrogens with zero attached hydrogens (tertiary/aromatic N) is 1. The molecule has 2 atom stereocenters. The molecule has 2 unspecified atom stereocenters. The summed E-state index contributed by atoms with van der Waals surface area (Å²) >= 11 is 0. The molecule has 1 aliphatic heterocycles. The normalized spacial score (nSPS) is 26.9. The maximum Gasteiger partial charge on any atom is 0.0672 e. The van der Waals surface area contributed by atoms with Gasteiger partial charge in [-0.25, -0.2) is 0 Å². The van der Waals surface area contributed by atoms with Crippen molar-refractivity contribution in [3.63, 3.8) is 0 Å². The Morgan fingerprint density at radius 2 is 2.31 bits per heavy atom. The molecule has 0 aromatic rings. The fourth-order valence-corrected chi connectivity index (χ4v) is 2.24. The van der Waals surface area contributed by atoms with E-state index < -0.39 is 0 Å². The third-order valence-electron chi connectivity index (χ3n) is 3.29. The smallest absolute Gasteiger partial charge is 0.0672 e. The highest BCUT2D eigenvalue weighted by Gasteiger charge is 2.23. The lowest BCUT2D eigenvalue weighted by Gasteiger charge is -2.37. The van der Waals surface area contributed by atoms with Crippen molar-refractivity contribution in [1.82, 2.24) is 10.2 Å². The van der Waals surface area contributed by atoms with Gasteiger partial charge in [-0.05, 0) is 40.3 Å². The Hall–Kier alpha value is -0.380. The summed E-state index contributed by atoms with van der Waals surface area (Å²) in [4.78, 5) is 2.52. The highest BCUT2D eigenvalue weighted by atomic mass is 16.5. The van der Waals surface area contributed by atoms with Gasteiger partial charge in [-0.3, -0.25) is 4.90 Å². The van der Waals surface area contributed by atoms with Crippen molar-refractivity contribution in [2.24, 2.45) is 0 Å². The van der Waals surface area contributed by atoms with Gasteiger partial charge in [0.1, 0.15) is 0 Å². The summed E-state index contributed by atoms with van der Waals surface area (Å²) in [6.07, 6.45) is 2.50. The number of ether oxygens (including phenoxy) is 1. The van der Waals surface area contributed by atoms with Crippen molar-refractivity contribution in [3.05, 3.63) is 12.2 Å². The number of piperidine rings is 1. The summed E-state index contributed by atoms with van der Waals surface area (Å²) in [5.74, 6) is 0. The molecule has 0 saturated carbocycles. The molecule has 16 heavy (non-hydrogen) atoms. The molecule has 3 nitrogen and oxygen atoms in total. The first-order valence-corrected chi connectivity index (χ1v) is 6.27. The predicted octanol–water partition coefficient (Wildman–Crippen LogP) is 1.65. The number of rotatable bonds is 6. The zero-order valence-corrected chi connectivity index (χ0v) is 11.0. The maximum atomic E-state index is 5.54. The molecular formula is C13H26N2O. The average molecular weight is 226 g/mol. The first kappa shape index (κ1) is 13.7. The summed E-state index contributed by atoms with van der Waals surface area (Å²) in [6.45, 7) is 11.9. The van der Waals surface area contributed by atoms with Gasteiger partial charge >= 0.3 is 0 Å². The summed E-state index contributed by atoms with van der Waals surface area (Å²) in [6, 6.07) is 1.36. The van der Waals surface area contributed by atoms with Gasteiger partial charge in [-0.15, -0.1) is 0 Å². The Morgan fingerprint density at radius 3 is 2.88 bits per heavy atom. The van der Waals surface area contributed by atoms with Gasteiger partial charge < -0.3 is 10.1 Å². The van der Waals surface area contributed by atoms with Crippen LogP contribution in [0.5, 0.6) is 0 Å². The van der Waals surface area contributed by atoms with E-state index >= 15 is 0 Å². The lowest BCUT2D eigenvalue weighted by molar-refractivity contribution is 0.0787. The van der Waals surface area contributed by atoms with Gasteiger partial charge in [0.25, 0.3) is 0 Å². The second-order valence-corrected chi connectivity index (χ2v) is 4.90. The summed E-state index contributed by atoms with van der Waals surface area (Å²) in [5.41, 5.74) is 1.10. The molecule has 1 rings (SSSR count). The van der Waals surface area contributed by atoms with Crippen molar-refractivity contribution in [2.75, 3.05) is 33.4 Å². The fraction of sp³-hybridized carbons (Fsp3) is 0.846. The molecule has 0 aliphatic carbocycles. The molecule has 1 fully saturated rings. The number of hydrogen-bond donors (Lipinski definition) is 1. The van der Waals surface area contributed by atoms with Crippen LogP contribution in [0.15, 0.2) is 12.2 Å². The van der Waals surface area contributed by atoms with Crippen LogP contribution in [0.4, 0.5) is 0 Å². The minimum absolute atomic E-state index is 0.666. The van der Waals surface area contributed by atoms with Crippen LogP contribution in [0.25, 0.3) is 0 Å². The molecule has 0 radical (unpaired) electrons. The molecule has 0 aromatic carbocycles. The van der Waals surface area contributed by atoms with E-state index in [2.05, 4.69) is 30.8 Å². The van der Waals surface area contributed by atoms with Gasteiger partial charge in [0, 0.05) is 18.6 Å². The largest absolute Gasteiger partial charge is 0.376 e. The SMILES string of the molecule is C=C(C)COCCN1CCC(NC)CC1C. The Labute approximate surface area is 99.8 Å². The maximum absolute atomic E-state index is 5.54. The minimum Gasteiger partial charge on any atom is -0.376 e. The van der Waals surface area contributed by atoms with Gasteiger partial charge in [0.05, 0.1) is 13.2 Å². The number of nitrogens with one attached hydrogen (secondary N) is 1. The molecule has 3 heteroatoms. The van der Waals surface area contributed by atoms with E-state index in [1.807, 2.05) is 6.92 Å². The summed E-state index contributed by atoms with van der Waals surface area (Å²) in [7, 11) is 2.06. The molecule has 1 aliphatic rings. The van der Waals surface area contributed by atoms with Crippen molar-refractivity contribution in [2.45, 2.75) is 38.8 Å². The zero-order chi connectivity index (χ0) is 12.0. The second kappa shape index (κ2) is 7.05. The van der Waals surface area contributed by atoms with Crippen LogP contribution in [-0.2, 0) is 4.74 Å². The van der Waals surface area contributed by atoms with E-state index in [1.54, 1.807) is 0 Å². The Kier molecular flexibility index (Phi) is 6.03. The lowest BCUT2D eigenvalue weighted by atomic mass is 9.98. The Morgan fingerprint density at radius 1 is 1.56 bits per heavy atom. The van der Waals surface area contributed by atoms with E-state index in [1.165, 1.54) is 19.4 Å². The monoisotopic (exact) mass is 226 g/mol. The van der Waals surface area contributed by atoms with E-state index in [0.29, 0.717) is 18.7 Å². The van der Waals surface area contributed by atoms with Gasteiger partial charge in [0.15, 0.2) is 0 Å². The minimum atomic E-state index is 0.666. The van der Waals surface area contributed by atoms with Gasteiger partial charge in [0.2, 0.25) is 0 Å². The first-order chi connectivity index (χ1) is 7.63. The van der Waals surface area contributed by atoms with E-state index in [0.717, 1.165) is 18.7 Å². The predicted molar refractivity (Wildman–Crippen MR) is 68.7 cm³/mol. The van der Waals surface area contributed by atoms with Crippen molar-refractivity contribution in [1.29, 1.82) is 0 Å². The molecule has 1 N–H and O–H groups in total. The van der Waals surface area contributed by atoms with E-state index in [4.69, 9.17) is 4.74 Å². The third-order valence-corrected chi connectivity index (χ3v) is 3.29. The quantitative estimate of drug-likeness (QED) is 0.550. The zero-order valence-electron chi connectivity index (χ0n) is 11.0. The molecule has 1 heterocycles. The van der Waals surface area contributed by atoms with Crippen molar-refractivity contribution in [3.8, 4) is 0 Å². The molecule has 0 amide bonds. The molecule has 0 bridgehead atoms. The van der Waals surface area contributed by atoms with Crippen molar-refractivity contribution >= 4 is 0 Å².